The van der Waals surface area contributed by atoms with E-state index in [2.05, 4.69) is 10.1 Å². The molecule has 2 heterocycles. The van der Waals surface area contributed by atoms with Crippen molar-refractivity contribution in [2.24, 2.45) is 5.41 Å². The van der Waals surface area contributed by atoms with Gasteiger partial charge in [-0.3, -0.25) is 0 Å². The van der Waals surface area contributed by atoms with Crippen molar-refractivity contribution in [2.75, 3.05) is 13.1 Å². The van der Waals surface area contributed by atoms with Crippen LogP contribution in [-0.4, -0.2) is 44.4 Å². The van der Waals surface area contributed by atoms with E-state index >= 15 is 0 Å². The number of hydrogen-bond donors (Lipinski definition) is 0. The van der Waals surface area contributed by atoms with Gasteiger partial charge in [0, 0.05) is 18.5 Å². The third kappa shape index (κ3) is 3.13. The number of nitrogens with zero attached hydrogens (tertiary/aromatic N) is 4. The monoisotopic (exact) mass is 332 g/mol. The van der Waals surface area contributed by atoms with Gasteiger partial charge < -0.3 is 9.64 Å². The summed E-state index contributed by atoms with van der Waals surface area (Å²) in [5.41, 5.74) is -0.539. The van der Waals surface area contributed by atoms with Crippen molar-refractivity contribution < 1.29 is 22.7 Å². The molecule has 0 atom stereocenters. The Morgan fingerprint density at radius 2 is 1.91 bits per heavy atom. The first-order chi connectivity index (χ1) is 10.5. The van der Waals surface area contributed by atoms with Crippen molar-refractivity contribution in [1.82, 2.24) is 19.7 Å². The standard InChI is InChI=1S/C14H19F3N4O2/c1-12(2,3)23-11(22)20-6-13(7-20)4-9(5-13)21-8-18-10(19-21)14(15,16)17/h8-9H,4-7H2,1-3H3. The molecule has 2 aliphatic rings. The highest BCUT2D eigenvalue weighted by atomic mass is 19.4. The second-order valence-electron chi connectivity index (χ2n) is 7.44. The molecule has 0 N–H and O–H groups in total. The lowest BCUT2D eigenvalue weighted by molar-refractivity contribution is -0.145. The molecule has 128 valence electrons. The Bertz CT molecular complexity index is 606. The van der Waals surface area contributed by atoms with Crippen molar-refractivity contribution in [3.63, 3.8) is 0 Å². The molecular formula is C14H19F3N4O2. The molecule has 1 amide bonds. The Kier molecular flexibility index (Phi) is 3.39. The molecule has 2 fully saturated rings. The first-order valence-electron chi connectivity index (χ1n) is 7.44. The van der Waals surface area contributed by atoms with Crippen molar-refractivity contribution >= 4 is 6.09 Å². The molecule has 1 aliphatic heterocycles. The first-order valence-corrected chi connectivity index (χ1v) is 7.44. The Morgan fingerprint density at radius 3 is 2.39 bits per heavy atom. The minimum atomic E-state index is -4.52. The van der Waals surface area contributed by atoms with E-state index in [1.165, 1.54) is 4.68 Å². The number of aromatic nitrogens is 3. The molecule has 9 heteroatoms. The van der Waals surface area contributed by atoms with E-state index < -0.39 is 17.6 Å². The van der Waals surface area contributed by atoms with Crippen LogP contribution in [0.25, 0.3) is 0 Å². The zero-order valence-electron chi connectivity index (χ0n) is 13.2. The van der Waals surface area contributed by atoms with Gasteiger partial charge >= 0.3 is 12.3 Å². The van der Waals surface area contributed by atoms with Gasteiger partial charge in [0.15, 0.2) is 0 Å². The van der Waals surface area contributed by atoms with Crippen LogP contribution in [-0.2, 0) is 10.9 Å². The second-order valence-corrected chi connectivity index (χ2v) is 7.44. The molecule has 1 saturated carbocycles. The predicted octanol–water partition coefficient (Wildman–Crippen LogP) is 2.87. The Morgan fingerprint density at radius 1 is 1.30 bits per heavy atom. The van der Waals surface area contributed by atoms with Crippen LogP contribution in [0.2, 0.25) is 0 Å². The molecule has 1 aliphatic carbocycles. The quantitative estimate of drug-likeness (QED) is 0.793. The largest absolute Gasteiger partial charge is 0.453 e. The van der Waals surface area contributed by atoms with Gasteiger partial charge in [-0.05, 0) is 33.6 Å². The number of rotatable bonds is 1. The fraction of sp³-hybridized carbons (Fsp3) is 0.786. The lowest BCUT2D eigenvalue weighted by Gasteiger charge is -2.58. The van der Waals surface area contributed by atoms with E-state index in [9.17, 15) is 18.0 Å². The lowest BCUT2D eigenvalue weighted by atomic mass is 9.61. The molecule has 6 nitrogen and oxygen atoms in total. The number of likely N-dealkylation sites (tertiary alicyclic amines) is 1. The van der Waals surface area contributed by atoms with E-state index in [-0.39, 0.29) is 17.6 Å². The summed E-state index contributed by atoms with van der Waals surface area (Å²) in [5, 5.41) is 3.51. The smallest absolute Gasteiger partial charge is 0.444 e. The number of ether oxygens (including phenoxy) is 1. The van der Waals surface area contributed by atoms with E-state index in [1.807, 2.05) is 20.8 Å². The molecule has 1 spiro atoms. The maximum absolute atomic E-state index is 12.5. The van der Waals surface area contributed by atoms with Crippen LogP contribution >= 0.6 is 0 Å². The average molecular weight is 332 g/mol. The van der Waals surface area contributed by atoms with Crippen LogP contribution in [0.5, 0.6) is 0 Å². The third-order valence-electron chi connectivity index (χ3n) is 4.18. The Hall–Kier alpha value is -1.80. The topological polar surface area (TPSA) is 60.2 Å². The third-order valence-corrected chi connectivity index (χ3v) is 4.18. The fourth-order valence-electron chi connectivity index (χ4n) is 3.18. The van der Waals surface area contributed by atoms with Crippen molar-refractivity contribution in [1.29, 1.82) is 0 Å². The maximum atomic E-state index is 12.5. The van der Waals surface area contributed by atoms with Crippen LogP contribution in [0, 0.1) is 5.41 Å². The van der Waals surface area contributed by atoms with Crippen molar-refractivity contribution in [3.05, 3.63) is 12.2 Å². The summed E-state index contributed by atoms with van der Waals surface area (Å²) in [7, 11) is 0. The number of alkyl halides is 3. The molecule has 3 rings (SSSR count). The molecule has 0 aromatic carbocycles. The van der Waals surface area contributed by atoms with E-state index in [0.717, 1.165) is 6.33 Å². The zero-order chi connectivity index (χ0) is 17.0. The molecule has 1 saturated heterocycles. The minimum absolute atomic E-state index is 0.00802. The predicted molar refractivity (Wildman–Crippen MR) is 73.5 cm³/mol. The highest BCUT2D eigenvalue weighted by Crippen LogP contribution is 2.54. The molecule has 0 bridgehead atoms. The highest BCUT2D eigenvalue weighted by molar-refractivity contribution is 5.69. The summed E-state index contributed by atoms with van der Waals surface area (Å²) in [6, 6.07) is -0.0839. The van der Waals surface area contributed by atoms with Gasteiger partial charge in [0.2, 0.25) is 0 Å². The zero-order valence-corrected chi connectivity index (χ0v) is 13.2. The van der Waals surface area contributed by atoms with Gasteiger partial charge in [-0.25, -0.2) is 14.5 Å². The van der Waals surface area contributed by atoms with Gasteiger partial charge in [-0.1, -0.05) is 0 Å². The van der Waals surface area contributed by atoms with Crippen LogP contribution in [0.3, 0.4) is 0 Å². The lowest BCUT2D eigenvalue weighted by Crippen LogP contribution is -2.64. The van der Waals surface area contributed by atoms with Gasteiger partial charge in [-0.15, -0.1) is 5.10 Å². The Balaban J connectivity index is 1.51. The van der Waals surface area contributed by atoms with Gasteiger partial charge in [0.25, 0.3) is 5.82 Å². The highest BCUT2D eigenvalue weighted by Gasteiger charge is 2.55. The van der Waals surface area contributed by atoms with E-state index in [0.29, 0.717) is 25.9 Å². The molecule has 1 aromatic rings. The van der Waals surface area contributed by atoms with Gasteiger partial charge in [0.05, 0.1) is 6.04 Å². The van der Waals surface area contributed by atoms with Crippen LogP contribution in [0.4, 0.5) is 18.0 Å². The Labute approximate surface area is 131 Å². The summed E-state index contributed by atoms with van der Waals surface area (Å²) in [6.07, 6.45) is -2.33. The number of halogens is 3. The average Bonchev–Trinajstić information content (AvgIpc) is 2.71. The fourth-order valence-corrected chi connectivity index (χ4v) is 3.18. The summed E-state index contributed by atoms with van der Waals surface area (Å²) >= 11 is 0. The molecule has 0 unspecified atom stereocenters. The van der Waals surface area contributed by atoms with Gasteiger partial charge in [0.1, 0.15) is 11.9 Å². The van der Waals surface area contributed by atoms with Crippen molar-refractivity contribution in [3.8, 4) is 0 Å². The SMILES string of the molecule is CC(C)(C)OC(=O)N1CC2(CC(n3cnc(C(F)(F)F)n3)C2)C1. The summed E-state index contributed by atoms with van der Waals surface area (Å²) < 4.78 is 44.1. The summed E-state index contributed by atoms with van der Waals surface area (Å²) in [6.45, 7) is 6.59. The number of carbonyl (C=O) groups is 1. The first kappa shape index (κ1) is 16.1. The second kappa shape index (κ2) is 4.85. The number of hydrogen-bond acceptors (Lipinski definition) is 4. The van der Waals surface area contributed by atoms with Crippen LogP contribution in [0.15, 0.2) is 6.33 Å². The maximum Gasteiger partial charge on any atom is 0.453 e. The number of carbonyl (C=O) groups excluding carboxylic acids is 1. The molecular weight excluding hydrogens is 313 g/mol. The van der Waals surface area contributed by atoms with Crippen LogP contribution in [0.1, 0.15) is 45.5 Å². The van der Waals surface area contributed by atoms with Crippen molar-refractivity contribution in [2.45, 2.75) is 51.4 Å². The molecule has 1 aromatic heterocycles. The van der Waals surface area contributed by atoms with Gasteiger partial charge in [-0.2, -0.15) is 13.2 Å². The summed E-state index contributed by atoms with van der Waals surface area (Å²) in [5.74, 6) is -1.11. The normalized spacial score (nSPS) is 21.0. The van der Waals surface area contributed by atoms with E-state index in [1.54, 1.807) is 4.90 Å². The minimum Gasteiger partial charge on any atom is -0.444 e. The number of amides is 1. The van der Waals surface area contributed by atoms with Crippen LogP contribution < -0.4 is 0 Å². The molecule has 23 heavy (non-hydrogen) atoms. The summed E-state index contributed by atoms with van der Waals surface area (Å²) in [4.78, 5) is 16.8. The molecule has 0 radical (unpaired) electrons. The van der Waals surface area contributed by atoms with E-state index in [4.69, 9.17) is 4.74 Å².